The van der Waals surface area contributed by atoms with Gasteiger partial charge in [-0.15, -0.1) is 0 Å². The molecule has 2 nitrogen and oxygen atoms in total. The summed E-state index contributed by atoms with van der Waals surface area (Å²) in [7, 11) is 0. The molecule has 20 heavy (non-hydrogen) atoms. The second-order valence-electron chi connectivity index (χ2n) is 4.46. The van der Waals surface area contributed by atoms with Gasteiger partial charge in [0.25, 0.3) is 0 Å². The topological polar surface area (TPSA) is 17.8 Å². The van der Waals surface area contributed by atoms with Crippen molar-refractivity contribution in [3.63, 3.8) is 0 Å². The first-order valence-electron chi connectivity index (χ1n) is 6.22. The van der Waals surface area contributed by atoms with Crippen LogP contribution in [0.2, 0.25) is 10.0 Å². The monoisotopic (exact) mass is 302 g/mol. The Morgan fingerprint density at radius 1 is 0.950 bits per heavy atom. The lowest BCUT2D eigenvalue weighted by Crippen LogP contribution is -1.97. The molecule has 0 saturated carbocycles. The van der Waals surface area contributed by atoms with Crippen LogP contribution in [0.25, 0.3) is 16.8 Å². The molecule has 100 valence electrons. The lowest BCUT2D eigenvalue weighted by atomic mass is 10.0. The molecule has 3 aromatic rings. The number of hydrogen-bond donors (Lipinski definition) is 0. The molecule has 1 aromatic heterocycles. The van der Waals surface area contributed by atoms with Crippen LogP contribution in [0.3, 0.4) is 0 Å². The van der Waals surface area contributed by atoms with Crippen LogP contribution < -0.4 is 0 Å². The van der Waals surface area contributed by atoms with Crippen LogP contribution in [-0.4, -0.2) is 9.55 Å². The molecule has 0 fully saturated rings. The zero-order valence-corrected chi connectivity index (χ0v) is 12.4. The third kappa shape index (κ3) is 2.21. The Labute approximate surface area is 127 Å². The molecule has 0 spiro atoms. The highest BCUT2D eigenvalue weighted by Gasteiger charge is 2.12. The summed E-state index contributed by atoms with van der Waals surface area (Å²) >= 11 is 12.8. The smallest absolute Gasteiger partial charge is 0.110 e. The number of nitrogens with zero attached hydrogens (tertiary/aromatic N) is 2. The standard InChI is InChI=1S/C16H12Cl2N2/c1-11-19-9-10-20(11)15-8-4-6-13(16(15)18)12-5-2-3-7-14(12)17/h2-10H,1H3. The average Bonchev–Trinajstić information content (AvgIpc) is 2.86. The van der Waals surface area contributed by atoms with Crippen LogP contribution in [0.1, 0.15) is 5.82 Å². The van der Waals surface area contributed by atoms with E-state index in [1.807, 2.05) is 60.2 Å². The van der Waals surface area contributed by atoms with Gasteiger partial charge in [0.15, 0.2) is 0 Å². The summed E-state index contributed by atoms with van der Waals surface area (Å²) in [4.78, 5) is 4.23. The number of aryl methyl sites for hydroxylation is 1. The lowest BCUT2D eigenvalue weighted by Gasteiger charge is -2.12. The summed E-state index contributed by atoms with van der Waals surface area (Å²) in [5, 5.41) is 1.36. The van der Waals surface area contributed by atoms with Gasteiger partial charge in [0.05, 0.1) is 10.7 Å². The largest absolute Gasteiger partial charge is 0.302 e. The minimum atomic E-state index is 0.668. The zero-order valence-electron chi connectivity index (χ0n) is 10.8. The van der Waals surface area contributed by atoms with Crippen molar-refractivity contribution < 1.29 is 0 Å². The van der Waals surface area contributed by atoms with E-state index >= 15 is 0 Å². The quantitative estimate of drug-likeness (QED) is 0.640. The molecule has 0 aliphatic carbocycles. The molecule has 0 amide bonds. The lowest BCUT2D eigenvalue weighted by molar-refractivity contribution is 0.975. The summed E-state index contributed by atoms with van der Waals surface area (Å²) in [6.07, 6.45) is 3.65. The van der Waals surface area contributed by atoms with E-state index in [9.17, 15) is 0 Å². The molecule has 4 heteroatoms. The predicted octanol–water partition coefficient (Wildman–Crippen LogP) is 5.15. The van der Waals surface area contributed by atoms with E-state index < -0.39 is 0 Å². The molecule has 1 heterocycles. The van der Waals surface area contributed by atoms with Crippen molar-refractivity contribution in [2.75, 3.05) is 0 Å². The summed E-state index contributed by atoms with van der Waals surface area (Å²) in [6, 6.07) is 13.6. The Morgan fingerprint density at radius 2 is 1.70 bits per heavy atom. The fraction of sp³-hybridized carbons (Fsp3) is 0.0625. The first kappa shape index (κ1) is 13.2. The third-order valence-electron chi connectivity index (χ3n) is 3.23. The minimum Gasteiger partial charge on any atom is -0.302 e. The molecular formula is C16H12Cl2N2. The van der Waals surface area contributed by atoms with Gasteiger partial charge in [-0.3, -0.25) is 0 Å². The maximum atomic E-state index is 6.57. The van der Waals surface area contributed by atoms with E-state index in [0.717, 1.165) is 22.6 Å². The second-order valence-corrected chi connectivity index (χ2v) is 5.25. The fourth-order valence-corrected chi connectivity index (χ4v) is 2.78. The normalized spacial score (nSPS) is 10.8. The number of halogens is 2. The van der Waals surface area contributed by atoms with E-state index in [1.165, 1.54) is 0 Å². The Bertz CT molecular complexity index is 763. The highest BCUT2D eigenvalue weighted by atomic mass is 35.5. The maximum Gasteiger partial charge on any atom is 0.110 e. The molecule has 0 atom stereocenters. The van der Waals surface area contributed by atoms with Crippen LogP contribution in [0, 0.1) is 6.92 Å². The van der Waals surface area contributed by atoms with Crippen molar-refractivity contribution in [3.8, 4) is 16.8 Å². The molecule has 0 radical (unpaired) electrons. The summed E-state index contributed by atoms with van der Waals surface area (Å²) in [5.74, 6) is 0.892. The van der Waals surface area contributed by atoms with Gasteiger partial charge in [0.1, 0.15) is 5.82 Å². The van der Waals surface area contributed by atoms with Crippen LogP contribution in [0.5, 0.6) is 0 Å². The van der Waals surface area contributed by atoms with E-state index in [-0.39, 0.29) is 0 Å². The first-order valence-corrected chi connectivity index (χ1v) is 6.98. The van der Waals surface area contributed by atoms with E-state index in [4.69, 9.17) is 23.2 Å². The van der Waals surface area contributed by atoms with Crippen molar-refractivity contribution in [2.45, 2.75) is 6.92 Å². The van der Waals surface area contributed by atoms with Crippen molar-refractivity contribution in [2.24, 2.45) is 0 Å². The molecule has 0 unspecified atom stereocenters. The van der Waals surface area contributed by atoms with Gasteiger partial charge < -0.3 is 4.57 Å². The Hall–Kier alpha value is -1.77. The summed E-state index contributed by atoms with van der Waals surface area (Å²) in [6.45, 7) is 1.94. The van der Waals surface area contributed by atoms with Crippen LogP contribution in [-0.2, 0) is 0 Å². The second kappa shape index (κ2) is 5.31. The van der Waals surface area contributed by atoms with Crippen molar-refractivity contribution in [1.29, 1.82) is 0 Å². The molecule has 0 aliphatic heterocycles. The SMILES string of the molecule is Cc1nccn1-c1cccc(-c2ccccc2Cl)c1Cl. The number of aromatic nitrogens is 2. The van der Waals surface area contributed by atoms with Gasteiger partial charge in [-0.2, -0.15) is 0 Å². The molecule has 0 bridgehead atoms. The molecule has 2 aromatic carbocycles. The average molecular weight is 303 g/mol. The van der Waals surface area contributed by atoms with Crippen molar-refractivity contribution >= 4 is 23.2 Å². The summed E-state index contributed by atoms with van der Waals surface area (Å²) < 4.78 is 1.96. The number of imidazole rings is 1. The Balaban J connectivity index is 2.21. The molecule has 0 aliphatic rings. The van der Waals surface area contributed by atoms with Crippen LogP contribution in [0.15, 0.2) is 54.9 Å². The van der Waals surface area contributed by atoms with E-state index in [1.54, 1.807) is 6.20 Å². The third-order valence-corrected chi connectivity index (χ3v) is 3.95. The minimum absolute atomic E-state index is 0.668. The molecule has 0 saturated heterocycles. The highest BCUT2D eigenvalue weighted by molar-refractivity contribution is 6.37. The fourth-order valence-electron chi connectivity index (χ4n) is 2.23. The maximum absolute atomic E-state index is 6.57. The Kier molecular flexibility index (Phi) is 3.51. The van der Waals surface area contributed by atoms with Gasteiger partial charge in [0, 0.05) is 28.5 Å². The highest BCUT2D eigenvalue weighted by Crippen LogP contribution is 2.36. The number of rotatable bonds is 2. The molecule has 0 N–H and O–H groups in total. The van der Waals surface area contributed by atoms with Crippen molar-refractivity contribution in [3.05, 3.63) is 70.7 Å². The molecular weight excluding hydrogens is 291 g/mol. The van der Waals surface area contributed by atoms with Gasteiger partial charge in [-0.05, 0) is 19.1 Å². The van der Waals surface area contributed by atoms with E-state index in [0.29, 0.717) is 10.0 Å². The van der Waals surface area contributed by atoms with Crippen LogP contribution >= 0.6 is 23.2 Å². The van der Waals surface area contributed by atoms with Gasteiger partial charge in [0.2, 0.25) is 0 Å². The number of benzene rings is 2. The summed E-state index contributed by atoms with van der Waals surface area (Å²) in [5.41, 5.74) is 2.75. The predicted molar refractivity (Wildman–Crippen MR) is 83.8 cm³/mol. The van der Waals surface area contributed by atoms with Crippen LogP contribution in [0.4, 0.5) is 0 Å². The molecule has 3 rings (SSSR count). The van der Waals surface area contributed by atoms with Gasteiger partial charge in [-0.1, -0.05) is 53.5 Å². The Morgan fingerprint density at radius 3 is 2.40 bits per heavy atom. The van der Waals surface area contributed by atoms with Gasteiger partial charge in [-0.25, -0.2) is 4.98 Å². The zero-order chi connectivity index (χ0) is 14.1. The van der Waals surface area contributed by atoms with E-state index in [2.05, 4.69) is 4.98 Å². The van der Waals surface area contributed by atoms with Gasteiger partial charge >= 0.3 is 0 Å². The van der Waals surface area contributed by atoms with Crippen molar-refractivity contribution in [1.82, 2.24) is 9.55 Å². The number of hydrogen-bond acceptors (Lipinski definition) is 1. The first-order chi connectivity index (χ1) is 9.68.